The zero-order valence-corrected chi connectivity index (χ0v) is 15.9. The van der Waals surface area contributed by atoms with Crippen molar-refractivity contribution in [3.63, 3.8) is 0 Å². The van der Waals surface area contributed by atoms with Crippen molar-refractivity contribution in [3.05, 3.63) is 12.7 Å². The first-order valence-corrected chi connectivity index (χ1v) is 10.5. The Morgan fingerprint density at radius 2 is 1.88 bits per heavy atom. The van der Waals surface area contributed by atoms with E-state index in [1.807, 2.05) is 0 Å². The number of ether oxygens (including phenoxy) is 2. The van der Waals surface area contributed by atoms with E-state index in [0.717, 1.165) is 26.1 Å². The molecule has 0 amide bonds. The van der Waals surface area contributed by atoms with Gasteiger partial charge in [-0.15, -0.1) is 6.58 Å². The number of hydrogen-bond donors (Lipinski definition) is 1. The molecular formula is C22H34O3. The summed E-state index contributed by atoms with van der Waals surface area (Å²) in [6, 6.07) is 0. The summed E-state index contributed by atoms with van der Waals surface area (Å²) in [4.78, 5) is 0. The van der Waals surface area contributed by atoms with E-state index in [4.69, 9.17) is 9.47 Å². The predicted octanol–water partition coefficient (Wildman–Crippen LogP) is 4.30. The van der Waals surface area contributed by atoms with Crippen LogP contribution in [0, 0.1) is 34.0 Å². The third-order valence-electron chi connectivity index (χ3n) is 9.61. The fourth-order valence-electron chi connectivity index (χ4n) is 8.51. The van der Waals surface area contributed by atoms with Gasteiger partial charge in [0.15, 0.2) is 5.79 Å². The Labute approximate surface area is 152 Å². The number of aliphatic hydroxyl groups excluding tert-OH is 1. The first-order valence-electron chi connectivity index (χ1n) is 10.5. The fourth-order valence-corrected chi connectivity index (χ4v) is 8.51. The van der Waals surface area contributed by atoms with Crippen LogP contribution in [0.15, 0.2) is 12.7 Å². The van der Waals surface area contributed by atoms with Gasteiger partial charge in [0.25, 0.3) is 0 Å². The summed E-state index contributed by atoms with van der Waals surface area (Å²) in [5, 5.41) is 11.2. The number of aliphatic hydroxyl groups is 1. The van der Waals surface area contributed by atoms with Crippen molar-refractivity contribution in [3.8, 4) is 0 Å². The normalized spacial score (nSPS) is 56.4. The lowest BCUT2D eigenvalue weighted by atomic mass is 9.39. The Hall–Kier alpha value is -0.380. The van der Waals surface area contributed by atoms with Crippen molar-refractivity contribution in [1.82, 2.24) is 0 Å². The lowest BCUT2D eigenvalue weighted by Crippen LogP contribution is -2.65. The van der Waals surface area contributed by atoms with Gasteiger partial charge in [-0.25, -0.2) is 0 Å². The van der Waals surface area contributed by atoms with Crippen molar-refractivity contribution < 1.29 is 14.6 Å². The van der Waals surface area contributed by atoms with Gasteiger partial charge in [-0.2, -0.15) is 0 Å². The molecule has 3 heteroatoms. The molecular weight excluding hydrogens is 312 g/mol. The van der Waals surface area contributed by atoms with E-state index in [1.54, 1.807) is 0 Å². The summed E-state index contributed by atoms with van der Waals surface area (Å²) in [6.07, 6.45) is 11.3. The molecule has 3 nitrogen and oxygen atoms in total. The molecule has 4 aliphatic carbocycles. The Balaban J connectivity index is 1.60. The molecule has 0 aromatic rings. The molecule has 5 rings (SSSR count). The average Bonchev–Trinajstić information content (AvgIpc) is 3.17. The maximum absolute atomic E-state index is 11.2. The van der Waals surface area contributed by atoms with E-state index in [-0.39, 0.29) is 22.7 Å². The van der Waals surface area contributed by atoms with Crippen LogP contribution >= 0.6 is 0 Å². The topological polar surface area (TPSA) is 38.7 Å². The van der Waals surface area contributed by atoms with Crippen molar-refractivity contribution in [2.45, 2.75) is 77.1 Å². The fraction of sp³-hybridized carbons (Fsp3) is 0.909. The highest BCUT2D eigenvalue weighted by molar-refractivity contribution is 5.21. The van der Waals surface area contributed by atoms with Crippen LogP contribution in [0.5, 0.6) is 0 Å². The molecule has 1 N–H and O–H groups in total. The van der Waals surface area contributed by atoms with E-state index >= 15 is 0 Å². The van der Waals surface area contributed by atoms with Crippen LogP contribution in [0.4, 0.5) is 0 Å². The molecule has 0 unspecified atom stereocenters. The van der Waals surface area contributed by atoms with Crippen LogP contribution in [0.25, 0.3) is 0 Å². The third-order valence-corrected chi connectivity index (χ3v) is 9.61. The lowest BCUT2D eigenvalue weighted by Gasteiger charge is -2.67. The van der Waals surface area contributed by atoms with Gasteiger partial charge in [0.2, 0.25) is 0 Å². The second kappa shape index (κ2) is 5.11. The number of allylic oxidation sites excluding steroid dienone is 1. The highest BCUT2D eigenvalue weighted by atomic mass is 16.7. The third kappa shape index (κ3) is 1.83. The average molecular weight is 347 g/mol. The van der Waals surface area contributed by atoms with Gasteiger partial charge in [0, 0.05) is 11.8 Å². The highest BCUT2D eigenvalue weighted by Crippen LogP contribution is 2.77. The Bertz CT molecular complexity index is 582. The summed E-state index contributed by atoms with van der Waals surface area (Å²) < 4.78 is 12.6. The van der Waals surface area contributed by atoms with E-state index < -0.39 is 0 Å². The Kier molecular flexibility index (Phi) is 3.43. The van der Waals surface area contributed by atoms with Crippen molar-refractivity contribution in [2.24, 2.45) is 34.0 Å². The minimum absolute atomic E-state index is 0.136. The molecule has 0 aromatic heterocycles. The molecule has 2 bridgehead atoms. The van der Waals surface area contributed by atoms with Crippen LogP contribution < -0.4 is 0 Å². The second-order valence-corrected chi connectivity index (χ2v) is 10.3. The molecule has 7 atom stereocenters. The Morgan fingerprint density at radius 3 is 2.60 bits per heavy atom. The highest BCUT2D eigenvalue weighted by Gasteiger charge is 2.74. The molecule has 1 aliphatic heterocycles. The maximum atomic E-state index is 11.2. The molecule has 5 fully saturated rings. The summed E-state index contributed by atoms with van der Waals surface area (Å²) in [7, 11) is 0. The van der Waals surface area contributed by atoms with Crippen molar-refractivity contribution >= 4 is 0 Å². The van der Waals surface area contributed by atoms with Gasteiger partial charge in [0.1, 0.15) is 0 Å². The summed E-state index contributed by atoms with van der Waals surface area (Å²) in [6.45, 7) is 10.5. The van der Waals surface area contributed by atoms with Gasteiger partial charge in [-0.1, -0.05) is 26.3 Å². The van der Waals surface area contributed by atoms with Crippen LogP contribution in [0.2, 0.25) is 0 Å². The molecule has 5 aliphatic rings. The molecule has 2 spiro atoms. The van der Waals surface area contributed by atoms with E-state index in [9.17, 15) is 5.11 Å². The molecule has 0 aromatic carbocycles. The van der Waals surface area contributed by atoms with E-state index in [1.165, 1.54) is 38.5 Å². The van der Waals surface area contributed by atoms with Gasteiger partial charge < -0.3 is 14.6 Å². The van der Waals surface area contributed by atoms with Crippen LogP contribution in [0.1, 0.15) is 65.2 Å². The number of hydrogen-bond acceptors (Lipinski definition) is 3. The van der Waals surface area contributed by atoms with Crippen LogP contribution in [-0.2, 0) is 9.47 Å². The van der Waals surface area contributed by atoms with Crippen LogP contribution in [0.3, 0.4) is 0 Å². The van der Waals surface area contributed by atoms with Crippen molar-refractivity contribution in [2.75, 3.05) is 13.2 Å². The van der Waals surface area contributed by atoms with E-state index in [0.29, 0.717) is 23.2 Å². The minimum atomic E-state index is -0.382. The first kappa shape index (κ1) is 16.8. The second-order valence-electron chi connectivity index (χ2n) is 10.3. The molecule has 1 saturated heterocycles. The maximum Gasteiger partial charge on any atom is 0.174 e. The van der Waals surface area contributed by atoms with Crippen LogP contribution in [-0.4, -0.2) is 30.2 Å². The molecule has 0 radical (unpaired) electrons. The molecule has 140 valence electrons. The molecule has 1 heterocycles. The van der Waals surface area contributed by atoms with Gasteiger partial charge in [-0.05, 0) is 67.1 Å². The standard InChI is InChI=1S/C22H34O3/c1-4-15-6-5-7-20(3)18(15)17(23)12-16-13-22(24-10-11-25-22)19(2)8-9-21(16,20)14-19/h4,15-18,23H,1,5-14H2,2-3H3/t15-,16-,17-,18+,19-,20-,21-/m0/s1. The van der Waals surface area contributed by atoms with Gasteiger partial charge in [0.05, 0.1) is 19.3 Å². The summed E-state index contributed by atoms with van der Waals surface area (Å²) in [5.41, 5.74) is 0.718. The van der Waals surface area contributed by atoms with Gasteiger partial charge in [-0.3, -0.25) is 0 Å². The quantitative estimate of drug-likeness (QED) is 0.720. The van der Waals surface area contributed by atoms with Gasteiger partial charge >= 0.3 is 0 Å². The smallest absolute Gasteiger partial charge is 0.174 e. The Morgan fingerprint density at radius 1 is 1.12 bits per heavy atom. The predicted molar refractivity (Wildman–Crippen MR) is 96.9 cm³/mol. The zero-order valence-electron chi connectivity index (χ0n) is 15.9. The summed E-state index contributed by atoms with van der Waals surface area (Å²) >= 11 is 0. The molecule has 4 saturated carbocycles. The number of rotatable bonds is 1. The monoisotopic (exact) mass is 346 g/mol. The van der Waals surface area contributed by atoms with E-state index in [2.05, 4.69) is 26.5 Å². The first-order chi connectivity index (χ1) is 11.9. The summed E-state index contributed by atoms with van der Waals surface area (Å²) in [5.74, 6) is 1.01. The SMILES string of the molecule is C=C[C@H]1CCC[C@@]2(C)[C@H]1[C@@H](O)C[C@H]1CC3(OCCO3)[C@@]3(C)CC[C@]12C3. The zero-order chi connectivity index (χ0) is 17.5. The molecule has 25 heavy (non-hydrogen) atoms. The van der Waals surface area contributed by atoms with Crippen molar-refractivity contribution in [1.29, 1.82) is 0 Å². The minimum Gasteiger partial charge on any atom is -0.393 e. The largest absolute Gasteiger partial charge is 0.393 e. The number of fused-ring (bicyclic) bond motifs is 3. The lowest BCUT2D eigenvalue weighted by molar-refractivity contribution is -0.293.